The molecule has 0 radical (unpaired) electrons. The van der Waals surface area contributed by atoms with Gasteiger partial charge in [-0.2, -0.15) is 0 Å². The SMILES string of the molecule is CCCOCCOc1ccccc1C#CCCCl. The monoisotopic (exact) mass is 266 g/mol. The summed E-state index contributed by atoms with van der Waals surface area (Å²) in [5.74, 6) is 7.44. The molecule has 0 saturated carbocycles. The van der Waals surface area contributed by atoms with Crippen LogP contribution in [0.15, 0.2) is 24.3 Å². The second-order valence-corrected chi connectivity index (χ2v) is 4.08. The Balaban J connectivity index is 2.47. The lowest BCUT2D eigenvalue weighted by molar-refractivity contribution is 0.101. The predicted molar refractivity (Wildman–Crippen MR) is 75.3 cm³/mol. The molecular formula is C15H19ClO2. The van der Waals surface area contributed by atoms with Gasteiger partial charge in [-0.1, -0.05) is 30.9 Å². The minimum absolute atomic E-state index is 0.550. The Kier molecular flexibility index (Phi) is 8.12. The minimum Gasteiger partial charge on any atom is -0.490 e. The second-order valence-electron chi connectivity index (χ2n) is 3.70. The zero-order valence-corrected chi connectivity index (χ0v) is 11.5. The standard InChI is InChI=1S/C15H19ClO2/c1-2-11-17-12-13-18-15-9-4-3-7-14(15)8-5-6-10-16/h3-4,7,9H,2,6,10-13H2,1H3. The van der Waals surface area contributed by atoms with Gasteiger partial charge < -0.3 is 9.47 Å². The first-order chi connectivity index (χ1) is 8.88. The topological polar surface area (TPSA) is 18.5 Å². The highest BCUT2D eigenvalue weighted by atomic mass is 35.5. The maximum atomic E-state index is 5.65. The second kappa shape index (κ2) is 9.82. The Bertz CT molecular complexity index is 393. The van der Waals surface area contributed by atoms with Crippen LogP contribution in [0.25, 0.3) is 0 Å². The van der Waals surface area contributed by atoms with Gasteiger partial charge in [-0.25, -0.2) is 0 Å². The van der Waals surface area contributed by atoms with E-state index in [1.165, 1.54) is 0 Å². The van der Waals surface area contributed by atoms with E-state index in [9.17, 15) is 0 Å². The van der Waals surface area contributed by atoms with E-state index in [0.717, 1.165) is 24.3 Å². The van der Waals surface area contributed by atoms with Gasteiger partial charge in [0.05, 0.1) is 12.2 Å². The molecule has 98 valence electrons. The molecule has 0 saturated heterocycles. The molecule has 0 aliphatic carbocycles. The van der Waals surface area contributed by atoms with Crippen molar-refractivity contribution in [2.24, 2.45) is 0 Å². The van der Waals surface area contributed by atoms with Gasteiger partial charge in [0.25, 0.3) is 0 Å². The van der Waals surface area contributed by atoms with Crippen molar-refractivity contribution in [2.45, 2.75) is 19.8 Å². The third-order valence-electron chi connectivity index (χ3n) is 2.16. The van der Waals surface area contributed by atoms with Crippen molar-refractivity contribution < 1.29 is 9.47 Å². The highest BCUT2D eigenvalue weighted by molar-refractivity contribution is 6.18. The molecule has 0 atom stereocenters. The molecule has 3 heteroatoms. The number of para-hydroxylation sites is 1. The molecule has 1 rings (SSSR count). The molecule has 0 spiro atoms. The molecule has 0 aliphatic rings. The molecule has 0 amide bonds. The first kappa shape index (κ1) is 14.9. The van der Waals surface area contributed by atoms with Gasteiger partial charge in [0.15, 0.2) is 0 Å². The Morgan fingerprint density at radius 1 is 1.17 bits per heavy atom. The van der Waals surface area contributed by atoms with Crippen molar-refractivity contribution >= 4 is 11.6 Å². The molecule has 0 aromatic heterocycles. The van der Waals surface area contributed by atoms with E-state index < -0.39 is 0 Å². The van der Waals surface area contributed by atoms with E-state index in [2.05, 4.69) is 18.8 Å². The van der Waals surface area contributed by atoms with Gasteiger partial charge in [-0.05, 0) is 18.6 Å². The molecule has 1 aromatic carbocycles. The highest BCUT2D eigenvalue weighted by Gasteiger charge is 1.99. The van der Waals surface area contributed by atoms with Crippen LogP contribution in [0.5, 0.6) is 5.75 Å². The summed E-state index contributed by atoms with van der Waals surface area (Å²) < 4.78 is 11.0. The van der Waals surface area contributed by atoms with Crippen LogP contribution in [-0.4, -0.2) is 25.7 Å². The van der Waals surface area contributed by atoms with Crippen LogP contribution < -0.4 is 4.74 Å². The molecule has 0 fully saturated rings. The molecule has 2 nitrogen and oxygen atoms in total. The summed E-state index contributed by atoms with van der Waals surface area (Å²) >= 11 is 5.59. The van der Waals surface area contributed by atoms with Gasteiger partial charge in [-0.15, -0.1) is 11.6 Å². The molecule has 1 aromatic rings. The number of benzene rings is 1. The number of alkyl halides is 1. The van der Waals surface area contributed by atoms with Crippen molar-refractivity contribution in [3.05, 3.63) is 29.8 Å². The molecular weight excluding hydrogens is 248 g/mol. The van der Waals surface area contributed by atoms with Crippen LogP contribution in [0.3, 0.4) is 0 Å². The molecule has 0 aliphatic heterocycles. The lowest BCUT2D eigenvalue weighted by Gasteiger charge is -2.08. The highest BCUT2D eigenvalue weighted by Crippen LogP contribution is 2.16. The fourth-order valence-corrected chi connectivity index (χ4v) is 1.45. The average molecular weight is 267 g/mol. The lowest BCUT2D eigenvalue weighted by Crippen LogP contribution is -2.07. The largest absolute Gasteiger partial charge is 0.490 e. The van der Waals surface area contributed by atoms with Crippen LogP contribution >= 0.6 is 11.6 Å². The van der Waals surface area contributed by atoms with Crippen LogP contribution in [0.2, 0.25) is 0 Å². The number of hydrogen-bond acceptors (Lipinski definition) is 2. The van der Waals surface area contributed by atoms with Gasteiger partial charge in [0, 0.05) is 18.9 Å². The van der Waals surface area contributed by atoms with E-state index in [-0.39, 0.29) is 0 Å². The number of halogens is 1. The zero-order chi connectivity index (χ0) is 13.1. The quantitative estimate of drug-likeness (QED) is 0.427. The number of ether oxygens (including phenoxy) is 2. The Morgan fingerprint density at radius 3 is 2.78 bits per heavy atom. The summed E-state index contributed by atoms with van der Waals surface area (Å²) in [6.45, 7) is 4.02. The molecule has 0 N–H and O–H groups in total. The maximum absolute atomic E-state index is 5.65. The normalized spacial score (nSPS) is 9.67. The number of hydrogen-bond donors (Lipinski definition) is 0. The molecule has 0 heterocycles. The third kappa shape index (κ3) is 5.95. The Morgan fingerprint density at radius 2 is 2.00 bits per heavy atom. The van der Waals surface area contributed by atoms with Gasteiger partial charge >= 0.3 is 0 Å². The van der Waals surface area contributed by atoms with Crippen molar-refractivity contribution in [3.63, 3.8) is 0 Å². The van der Waals surface area contributed by atoms with E-state index >= 15 is 0 Å². The summed E-state index contributed by atoms with van der Waals surface area (Å²) in [6, 6.07) is 7.76. The third-order valence-corrected chi connectivity index (χ3v) is 2.35. The summed E-state index contributed by atoms with van der Waals surface area (Å²) in [5.41, 5.74) is 0.901. The van der Waals surface area contributed by atoms with Crippen molar-refractivity contribution in [3.8, 4) is 17.6 Å². The predicted octanol–water partition coefficient (Wildman–Crippen LogP) is 3.47. The Labute approximate surface area is 114 Å². The van der Waals surface area contributed by atoms with Crippen LogP contribution in [0, 0.1) is 11.8 Å². The van der Waals surface area contributed by atoms with E-state index in [1.807, 2.05) is 24.3 Å². The molecule has 0 bridgehead atoms. The van der Waals surface area contributed by atoms with E-state index in [1.54, 1.807) is 0 Å². The fraction of sp³-hybridized carbons (Fsp3) is 0.467. The van der Waals surface area contributed by atoms with Gasteiger partial charge in [-0.3, -0.25) is 0 Å². The number of rotatable bonds is 7. The molecule has 18 heavy (non-hydrogen) atoms. The zero-order valence-electron chi connectivity index (χ0n) is 10.7. The first-order valence-corrected chi connectivity index (χ1v) is 6.76. The first-order valence-electron chi connectivity index (χ1n) is 6.23. The lowest BCUT2D eigenvalue weighted by atomic mass is 10.2. The summed E-state index contributed by atoms with van der Waals surface area (Å²) in [4.78, 5) is 0. The summed E-state index contributed by atoms with van der Waals surface area (Å²) in [5, 5.41) is 0. The fourth-order valence-electron chi connectivity index (χ4n) is 1.36. The smallest absolute Gasteiger partial charge is 0.135 e. The summed E-state index contributed by atoms with van der Waals surface area (Å²) in [6.07, 6.45) is 1.72. The van der Waals surface area contributed by atoms with Crippen LogP contribution in [0.1, 0.15) is 25.3 Å². The van der Waals surface area contributed by atoms with Crippen LogP contribution in [-0.2, 0) is 4.74 Å². The average Bonchev–Trinajstić information content (AvgIpc) is 2.40. The molecule has 0 unspecified atom stereocenters. The maximum Gasteiger partial charge on any atom is 0.135 e. The minimum atomic E-state index is 0.550. The van der Waals surface area contributed by atoms with Crippen LogP contribution in [0.4, 0.5) is 0 Å². The van der Waals surface area contributed by atoms with Crippen molar-refractivity contribution in [2.75, 3.05) is 25.7 Å². The van der Waals surface area contributed by atoms with E-state index in [4.69, 9.17) is 21.1 Å². The van der Waals surface area contributed by atoms with E-state index in [0.29, 0.717) is 25.5 Å². The van der Waals surface area contributed by atoms with Gasteiger partial charge in [0.2, 0.25) is 0 Å². The summed E-state index contributed by atoms with van der Waals surface area (Å²) in [7, 11) is 0. The van der Waals surface area contributed by atoms with Gasteiger partial charge in [0.1, 0.15) is 12.4 Å². The van der Waals surface area contributed by atoms with Crippen molar-refractivity contribution in [1.82, 2.24) is 0 Å². The Hall–Kier alpha value is -1.17. The van der Waals surface area contributed by atoms with Crippen molar-refractivity contribution in [1.29, 1.82) is 0 Å².